The number of carbonyl (C=O) groups is 1. The van der Waals surface area contributed by atoms with E-state index in [0.29, 0.717) is 12.3 Å². The van der Waals surface area contributed by atoms with E-state index < -0.39 is 0 Å². The van der Waals surface area contributed by atoms with Crippen LogP contribution in [0.1, 0.15) is 43.7 Å². The molecule has 0 spiro atoms. The SMILES string of the molecule is CC(CCCCN1CCc2ccccc2C1)CC(=O)NO. The first-order chi connectivity index (χ1) is 10.2. The number of fused-ring (bicyclic) bond motifs is 1. The van der Waals surface area contributed by atoms with Gasteiger partial charge in [0.05, 0.1) is 0 Å². The minimum atomic E-state index is -0.282. The maximum atomic E-state index is 11.0. The number of rotatable bonds is 7. The van der Waals surface area contributed by atoms with Gasteiger partial charge in [0.25, 0.3) is 0 Å². The van der Waals surface area contributed by atoms with Crippen LogP contribution in [-0.4, -0.2) is 29.1 Å². The van der Waals surface area contributed by atoms with Gasteiger partial charge in [0.15, 0.2) is 0 Å². The van der Waals surface area contributed by atoms with Crippen molar-refractivity contribution in [3.63, 3.8) is 0 Å². The summed E-state index contributed by atoms with van der Waals surface area (Å²) in [6.45, 7) is 5.41. The van der Waals surface area contributed by atoms with Crippen LogP contribution in [0.5, 0.6) is 0 Å². The van der Waals surface area contributed by atoms with Crippen molar-refractivity contribution < 1.29 is 10.0 Å². The maximum absolute atomic E-state index is 11.0. The normalized spacial score (nSPS) is 16.3. The monoisotopic (exact) mass is 290 g/mol. The van der Waals surface area contributed by atoms with Gasteiger partial charge in [-0.15, -0.1) is 0 Å². The van der Waals surface area contributed by atoms with Gasteiger partial charge in [-0.2, -0.15) is 0 Å². The summed E-state index contributed by atoms with van der Waals surface area (Å²) >= 11 is 0. The fraction of sp³-hybridized carbons (Fsp3) is 0.588. The number of benzene rings is 1. The van der Waals surface area contributed by atoms with Crippen LogP contribution >= 0.6 is 0 Å². The van der Waals surface area contributed by atoms with Gasteiger partial charge in [0, 0.05) is 19.5 Å². The molecule has 0 saturated carbocycles. The summed E-state index contributed by atoms with van der Waals surface area (Å²) in [6, 6.07) is 8.71. The third kappa shape index (κ3) is 5.14. The van der Waals surface area contributed by atoms with Crippen LogP contribution in [0.3, 0.4) is 0 Å². The summed E-state index contributed by atoms with van der Waals surface area (Å²) in [4.78, 5) is 13.6. The van der Waals surface area contributed by atoms with Gasteiger partial charge < -0.3 is 0 Å². The number of hydrogen-bond donors (Lipinski definition) is 2. The minimum Gasteiger partial charge on any atom is -0.299 e. The average molecular weight is 290 g/mol. The lowest BCUT2D eigenvalue weighted by Crippen LogP contribution is -2.31. The van der Waals surface area contributed by atoms with E-state index in [4.69, 9.17) is 5.21 Å². The van der Waals surface area contributed by atoms with Crippen LogP contribution in [0, 0.1) is 5.92 Å². The van der Waals surface area contributed by atoms with E-state index in [1.165, 1.54) is 17.5 Å². The lowest BCUT2D eigenvalue weighted by Gasteiger charge is -2.28. The van der Waals surface area contributed by atoms with Crippen LogP contribution in [0.15, 0.2) is 24.3 Å². The van der Waals surface area contributed by atoms with Crippen molar-refractivity contribution in [1.82, 2.24) is 10.4 Å². The summed E-state index contributed by atoms with van der Waals surface area (Å²) in [5.74, 6) is 0.0503. The van der Waals surface area contributed by atoms with Crippen molar-refractivity contribution in [2.45, 2.75) is 45.6 Å². The van der Waals surface area contributed by atoms with E-state index in [1.54, 1.807) is 5.48 Å². The van der Waals surface area contributed by atoms with E-state index in [0.717, 1.165) is 38.9 Å². The Bertz CT molecular complexity index is 462. The molecule has 0 aromatic heterocycles. The van der Waals surface area contributed by atoms with Crippen molar-refractivity contribution in [2.24, 2.45) is 5.92 Å². The van der Waals surface area contributed by atoms with Crippen molar-refractivity contribution in [1.29, 1.82) is 0 Å². The first kappa shape index (κ1) is 16.0. The van der Waals surface area contributed by atoms with Crippen LogP contribution in [0.25, 0.3) is 0 Å². The molecular formula is C17H26N2O2. The maximum Gasteiger partial charge on any atom is 0.243 e. The molecule has 1 amide bonds. The van der Waals surface area contributed by atoms with E-state index >= 15 is 0 Å². The van der Waals surface area contributed by atoms with Crippen molar-refractivity contribution >= 4 is 5.91 Å². The average Bonchev–Trinajstić information content (AvgIpc) is 2.51. The highest BCUT2D eigenvalue weighted by Crippen LogP contribution is 2.19. The molecule has 0 bridgehead atoms. The highest BCUT2D eigenvalue weighted by Gasteiger charge is 2.15. The van der Waals surface area contributed by atoms with Gasteiger partial charge in [-0.25, -0.2) is 5.48 Å². The summed E-state index contributed by atoms with van der Waals surface area (Å²) in [5, 5.41) is 8.50. The van der Waals surface area contributed by atoms with E-state index in [2.05, 4.69) is 36.1 Å². The lowest BCUT2D eigenvalue weighted by atomic mass is 9.98. The Morgan fingerprint density at radius 3 is 2.86 bits per heavy atom. The van der Waals surface area contributed by atoms with Crippen LogP contribution in [-0.2, 0) is 17.8 Å². The molecule has 0 saturated heterocycles. The second kappa shape index (κ2) is 8.15. The Kier molecular flexibility index (Phi) is 6.21. The predicted molar refractivity (Wildman–Crippen MR) is 83.0 cm³/mol. The van der Waals surface area contributed by atoms with Gasteiger partial charge in [0.2, 0.25) is 5.91 Å². The van der Waals surface area contributed by atoms with E-state index in [1.807, 2.05) is 0 Å². The quantitative estimate of drug-likeness (QED) is 0.461. The second-order valence-corrected chi connectivity index (χ2v) is 6.13. The molecule has 1 aliphatic rings. The summed E-state index contributed by atoms with van der Waals surface area (Å²) in [6.07, 6.45) is 4.92. The Balaban J connectivity index is 1.63. The number of hydrogen-bond acceptors (Lipinski definition) is 3. The van der Waals surface area contributed by atoms with Crippen LogP contribution < -0.4 is 5.48 Å². The lowest BCUT2D eigenvalue weighted by molar-refractivity contribution is -0.130. The third-order valence-electron chi connectivity index (χ3n) is 4.29. The molecule has 0 radical (unpaired) electrons. The molecule has 1 heterocycles. The highest BCUT2D eigenvalue weighted by atomic mass is 16.5. The summed E-state index contributed by atoms with van der Waals surface area (Å²) < 4.78 is 0. The largest absolute Gasteiger partial charge is 0.299 e. The zero-order valence-corrected chi connectivity index (χ0v) is 12.8. The Morgan fingerprint density at radius 1 is 1.33 bits per heavy atom. The Morgan fingerprint density at radius 2 is 2.10 bits per heavy atom. The molecular weight excluding hydrogens is 264 g/mol. The molecule has 1 aromatic carbocycles. The predicted octanol–water partition coefficient (Wildman–Crippen LogP) is 2.75. The summed E-state index contributed by atoms with van der Waals surface area (Å²) in [5.41, 5.74) is 4.67. The number of amides is 1. The van der Waals surface area contributed by atoms with Crippen LogP contribution in [0.2, 0.25) is 0 Å². The van der Waals surface area contributed by atoms with Crippen molar-refractivity contribution in [3.05, 3.63) is 35.4 Å². The standard InChI is InChI=1S/C17H26N2O2/c1-14(12-17(20)18-21)6-4-5-10-19-11-9-15-7-2-3-8-16(15)13-19/h2-3,7-8,14,21H,4-6,9-13H2,1H3,(H,18,20). The number of hydroxylamine groups is 1. The molecule has 4 heteroatoms. The number of carbonyl (C=O) groups excluding carboxylic acids is 1. The number of nitrogens with one attached hydrogen (secondary N) is 1. The molecule has 4 nitrogen and oxygen atoms in total. The summed E-state index contributed by atoms with van der Waals surface area (Å²) in [7, 11) is 0. The van der Waals surface area contributed by atoms with Crippen LogP contribution in [0.4, 0.5) is 0 Å². The molecule has 21 heavy (non-hydrogen) atoms. The molecule has 1 aliphatic heterocycles. The van der Waals surface area contributed by atoms with Crippen molar-refractivity contribution in [3.8, 4) is 0 Å². The topological polar surface area (TPSA) is 52.6 Å². The molecule has 2 N–H and O–H groups in total. The van der Waals surface area contributed by atoms with E-state index in [9.17, 15) is 4.79 Å². The Hall–Kier alpha value is -1.39. The third-order valence-corrected chi connectivity index (χ3v) is 4.29. The molecule has 0 aliphatic carbocycles. The first-order valence-corrected chi connectivity index (χ1v) is 7.91. The zero-order valence-electron chi connectivity index (χ0n) is 12.8. The van der Waals surface area contributed by atoms with Gasteiger partial charge in [-0.05, 0) is 36.4 Å². The fourth-order valence-corrected chi connectivity index (χ4v) is 3.04. The molecule has 0 fully saturated rings. The van der Waals surface area contributed by atoms with Crippen molar-refractivity contribution in [2.75, 3.05) is 13.1 Å². The molecule has 1 aromatic rings. The van der Waals surface area contributed by atoms with Gasteiger partial charge in [-0.3, -0.25) is 14.9 Å². The molecule has 116 valence electrons. The zero-order chi connectivity index (χ0) is 15.1. The molecule has 1 atom stereocenters. The first-order valence-electron chi connectivity index (χ1n) is 7.91. The fourth-order valence-electron chi connectivity index (χ4n) is 3.04. The molecule has 1 unspecified atom stereocenters. The smallest absolute Gasteiger partial charge is 0.243 e. The van der Waals surface area contributed by atoms with Gasteiger partial charge in [0.1, 0.15) is 0 Å². The minimum absolute atomic E-state index is 0.282. The Labute approximate surface area is 127 Å². The highest BCUT2D eigenvalue weighted by molar-refractivity contribution is 5.74. The van der Waals surface area contributed by atoms with E-state index in [-0.39, 0.29) is 5.91 Å². The number of unbranched alkanes of at least 4 members (excludes halogenated alkanes) is 1. The van der Waals surface area contributed by atoms with Gasteiger partial charge in [-0.1, -0.05) is 44.0 Å². The second-order valence-electron chi connectivity index (χ2n) is 6.13. The van der Waals surface area contributed by atoms with Gasteiger partial charge >= 0.3 is 0 Å². The molecule has 2 rings (SSSR count). The number of nitrogens with zero attached hydrogens (tertiary/aromatic N) is 1.